The Morgan fingerprint density at radius 3 is 2.26 bits per heavy atom. The normalized spacial score (nSPS) is 10.7. The van der Waals surface area contributed by atoms with Crippen molar-refractivity contribution in [3.8, 4) is 5.75 Å². The first kappa shape index (κ1) is 22.9. The number of amides is 1. The van der Waals surface area contributed by atoms with Crippen molar-refractivity contribution in [2.24, 2.45) is 0 Å². The smallest absolute Gasteiger partial charge is 0.416 e. The second-order valence-corrected chi connectivity index (χ2v) is 7.83. The Morgan fingerprint density at radius 1 is 0.941 bits per heavy atom. The number of rotatable bonds is 8. The molecular weight excluding hydrogens is 432 g/mol. The van der Waals surface area contributed by atoms with E-state index >= 15 is 0 Å². The van der Waals surface area contributed by atoms with Crippen molar-refractivity contribution < 1.29 is 24.2 Å². The molecule has 0 saturated carbocycles. The lowest BCUT2D eigenvalue weighted by Gasteiger charge is -2.10. The molecule has 174 valence electrons. The number of benzene rings is 3. The van der Waals surface area contributed by atoms with Gasteiger partial charge < -0.3 is 19.9 Å². The van der Waals surface area contributed by atoms with Gasteiger partial charge in [0.15, 0.2) is 0 Å². The van der Waals surface area contributed by atoms with Gasteiger partial charge in [0.2, 0.25) is 0 Å². The number of nitrogens with one attached hydrogen (secondary N) is 1. The molecule has 1 amide bonds. The molecular formula is C27H26N2O5. The molecule has 2 N–H and O–H groups in total. The van der Waals surface area contributed by atoms with Crippen molar-refractivity contribution in [1.82, 2.24) is 9.88 Å². The van der Waals surface area contributed by atoms with E-state index in [1.54, 1.807) is 19.2 Å². The molecule has 0 spiro atoms. The number of carbonyl (C=O) groups is 2. The van der Waals surface area contributed by atoms with Gasteiger partial charge in [-0.25, -0.2) is 14.2 Å². The van der Waals surface area contributed by atoms with E-state index in [0.717, 1.165) is 22.1 Å². The third-order valence-corrected chi connectivity index (χ3v) is 5.65. The molecule has 7 heteroatoms. The monoisotopic (exact) mass is 458 g/mol. The van der Waals surface area contributed by atoms with Crippen LogP contribution in [0.25, 0.3) is 10.9 Å². The van der Waals surface area contributed by atoms with Crippen LogP contribution in [0.2, 0.25) is 0 Å². The lowest BCUT2D eigenvalue weighted by atomic mass is 10.0. The Kier molecular flexibility index (Phi) is 7.13. The van der Waals surface area contributed by atoms with Gasteiger partial charge in [0.25, 0.3) is 0 Å². The van der Waals surface area contributed by atoms with Crippen molar-refractivity contribution in [2.45, 2.75) is 19.4 Å². The lowest BCUT2D eigenvalue weighted by molar-refractivity contribution is 0.140. The zero-order valence-electron chi connectivity index (χ0n) is 18.9. The Hall–Kier alpha value is -4.26. The molecule has 0 aliphatic heterocycles. The van der Waals surface area contributed by atoms with Gasteiger partial charge in [-0.3, -0.25) is 0 Å². The Labute approximate surface area is 197 Å². The maximum atomic E-state index is 12.2. The summed E-state index contributed by atoms with van der Waals surface area (Å²) < 4.78 is 12.0. The van der Waals surface area contributed by atoms with Crippen molar-refractivity contribution in [1.29, 1.82) is 0 Å². The number of methoxy groups -OCH3 is 1. The molecule has 1 heterocycles. The molecule has 4 aromatic rings. The van der Waals surface area contributed by atoms with Crippen LogP contribution in [-0.4, -0.2) is 35.5 Å². The minimum atomic E-state index is -1.05. The van der Waals surface area contributed by atoms with Gasteiger partial charge in [-0.2, -0.15) is 0 Å². The molecule has 0 fully saturated rings. The first-order valence-corrected chi connectivity index (χ1v) is 11.0. The second-order valence-electron chi connectivity index (χ2n) is 7.83. The van der Waals surface area contributed by atoms with Crippen LogP contribution >= 0.6 is 0 Å². The molecule has 0 radical (unpaired) electrons. The highest BCUT2D eigenvalue weighted by Crippen LogP contribution is 2.31. The number of hydrogen-bond acceptors (Lipinski definition) is 4. The summed E-state index contributed by atoms with van der Waals surface area (Å²) in [5.74, 6) is 0.637. The van der Waals surface area contributed by atoms with E-state index in [0.29, 0.717) is 36.3 Å². The van der Waals surface area contributed by atoms with Crippen LogP contribution < -0.4 is 10.1 Å². The van der Waals surface area contributed by atoms with Crippen LogP contribution in [0.3, 0.4) is 0 Å². The first-order chi connectivity index (χ1) is 16.6. The molecule has 4 rings (SSSR count). The van der Waals surface area contributed by atoms with Gasteiger partial charge in [-0.15, -0.1) is 0 Å². The van der Waals surface area contributed by atoms with Gasteiger partial charge in [-0.1, -0.05) is 60.7 Å². The molecule has 34 heavy (non-hydrogen) atoms. The standard InChI is InChI=1S/C27H26N2O5/c1-33-21-12-13-24-23(17-21)22(14-15-28-26(30)34-18-20-10-6-3-7-11-20)25(29(24)27(31)32)16-19-8-4-2-5-9-19/h2-13,17H,14-16,18H2,1H3,(H,28,30)(H,31,32). The molecule has 7 nitrogen and oxygen atoms in total. The Balaban J connectivity index is 1.58. The van der Waals surface area contributed by atoms with Crippen molar-refractivity contribution >= 4 is 23.1 Å². The number of aromatic nitrogens is 1. The average Bonchev–Trinajstić information content (AvgIpc) is 3.16. The number of ether oxygens (including phenoxy) is 2. The summed E-state index contributed by atoms with van der Waals surface area (Å²) in [7, 11) is 1.57. The summed E-state index contributed by atoms with van der Waals surface area (Å²) in [5, 5.41) is 13.6. The van der Waals surface area contributed by atoms with Crippen LogP contribution in [0.4, 0.5) is 9.59 Å². The topological polar surface area (TPSA) is 89.8 Å². The second kappa shape index (κ2) is 10.6. The zero-order valence-corrected chi connectivity index (χ0v) is 18.9. The minimum absolute atomic E-state index is 0.182. The lowest BCUT2D eigenvalue weighted by Crippen LogP contribution is -2.26. The van der Waals surface area contributed by atoms with E-state index in [2.05, 4.69) is 5.32 Å². The molecule has 0 unspecified atom stereocenters. The fourth-order valence-electron chi connectivity index (χ4n) is 4.05. The van der Waals surface area contributed by atoms with E-state index in [1.807, 2.05) is 66.7 Å². The predicted molar refractivity (Wildman–Crippen MR) is 129 cm³/mol. The molecule has 0 aliphatic carbocycles. The first-order valence-electron chi connectivity index (χ1n) is 11.0. The van der Waals surface area contributed by atoms with Gasteiger partial charge in [0.05, 0.1) is 12.6 Å². The van der Waals surface area contributed by atoms with Gasteiger partial charge >= 0.3 is 12.2 Å². The van der Waals surface area contributed by atoms with Gasteiger partial charge in [-0.05, 0) is 41.3 Å². The van der Waals surface area contributed by atoms with Crippen molar-refractivity contribution in [3.05, 3.63) is 101 Å². The number of carboxylic acid groups (broad SMARTS) is 1. The number of carbonyl (C=O) groups excluding carboxylic acids is 1. The van der Waals surface area contributed by atoms with E-state index in [-0.39, 0.29) is 6.61 Å². The minimum Gasteiger partial charge on any atom is -0.497 e. The van der Waals surface area contributed by atoms with Crippen LogP contribution in [0.5, 0.6) is 5.75 Å². The highest BCUT2D eigenvalue weighted by atomic mass is 16.5. The number of hydrogen-bond donors (Lipinski definition) is 2. The van der Waals surface area contributed by atoms with Crippen LogP contribution in [0.1, 0.15) is 22.4 Å². The molecule has 0 aliphatic rings. The van der Waals surface area contributed by atoms with Crippen LogP contribution in [-0.2, 0) is 24.2 Å². The van der Waals surface area contributed by atoms with Crippen LogP contribution in [0.15, 0.2) is 78.9 Å². The Morgan fingerprint density at radius 2 is 1.62 bits per heavy atom. The number of nitrogens with zero attached hydrogens (tertiary/aromatic N) is 1. The van der Waals surface area contributed by atoms with E-state index in [9.17, 15) is 14.7 Å². The van der Waals surface area contributed by atoms with E-state index in [1.165, 1.54) is 4.57 Å². The highest BCUT2D eigenvalue weighted by Gasteiger charge is 2.22. The van der Waals surface area contributed by atoms with E-state index in [4.69, 9.17) is 9.47 Å². The third-order valence-electron chi connectivity index (χ3n) is 5.65. The number of alkyl carbamates (subject to hydrolysis) is 1. The molecule has 0 saturated heterocycles. The fourth-order valence-corrected chi connectivity index (χ4v) is 4.05. The molecule has 3 aromatic carbocycles. The molecule has 0 atom stereocenters. The molecule has 0 bridgehead atoms. The summed E-state index contributed by atoms with van der Waals surface area (Å²) >= 11 is 0. The van der Waals surface area contributed by atoms with Gasteiger partial charge in [0, 0.05) is 24.0 Å². The summed E-state index contributed by atoms with van der Waals surface area (Å²) in [6, 6.07) is 24.5. The SMILES string of the molecule is COc1ccc2c(c1)c(CCNC(=O)OCc1ccccc1)c(Cc1ccccc1)n2C(=O)O. The quantitative estimate of drug-likeness (QED) is 0.377. The van der Waals surface area contributed by atoms with Crippen molar-refractivity contribution in [3.63, 3.8) is 0 Å². The third kappa shape index (κ3) is 5.20. The van der Waals surface area contributed by atoms with Gasteiger partial charge in [0.1, 0.15) is 12.4 Å². The zero-order chi connectivity index (χ0) is 23.9. The maximum absolute atomic E-state index is 12.2. The summed E-state index contributed by atoms with van der Waals surface area (Å²) in [5.41, 5.74) is 4.00. The van der Waals surface area contributed by atoms with E-state index < -0.39 is 12.2 Å². The maximum Gasteiger partial charge on any atom is 0.416 e. The summed E-state index contributed by atoms with van der Waals surface area (Å²) in [6.45, 7) is 0.479. The number of fused-ring (bicyclic) bond motifs is 1. The largest absolute Gasteiger partial charge is 0.497 e. The predicted octanol–water partition coefficient (Wildman–Crippen LogP) is 5.24. The average molecular weight is 459 g/mol. The summed E-state index contributed by atoms with van der Waals surface area (Å²) in [4.78, 5) is 24.4. The summed E-state index contributed by atoms with van der Waals surface area (Å²) in [6.07, 6.45) is -0.694. The molecule has 1 aromatic heterocycles. The highest BCUT2D eigenvalue weighted by molar-refractivity contribution is 5.94. The fraction of sp³-hybridized carbons (Fsp3) is 0.185. The van der Waals surface area contributed by atoms with Crippen molar-refractivity contribution in [2.75, 3.05) is 13.7 Å². The Bertz CT molecular complexity index is 1280. The van der Waals surface area contributed by atoms with Crippen LogP contribution in [0, 0.1) is 0 Å².